The molecule has 0 bridgehead atoms. The molecular weight excluding hydrogens is 353 g/mol. The normalized spacial score (nSPS) is 5.45. The Morgan fingerprint density at radius 1 is 0.500 bits per heavy atom. The SMILES string of the molecule is O.O=[N+]([O-])O.O=[N+]([O-])O.O=[N+]([O-])[O-].O=[N+]([O-])[O-].O=[N+]([O-])[O-].[Al+3]. The molecule has 0 rings (SSSR count). The van der Waals surface area contributed by atoms with Crippen LogP contribution in [0.1, 0.15) is 0 Å². The molecule has 0 radical (unpaired) electrons. The first-order chi connectivity index (χ1) is 8.66. The first kappa shape index (κ1) is 42.8. The molecule has 0 aliphatic rings. The molecule has 21 nitrogen and oxygen atoms in total. The van der Waals surface area contributed by atoms with E-state index < -0.39 is 25.4 Å². The molecule has 22 heteroatoms. The van der Waals surface area contributed by atoms with Gasteiger partial charge in [0, 0.05) is 0 Å². The molecule has 0 fully saturated rings. The van der Waals surface area contributed by atoms with Crippen molar-refractivity contribution < 1.29 is 41.3 Å². The smallest absolute Gasteiger partial charge is 0.412 e. The zero-order valence-corrected chi connectivity index (χ0v) is 10.7. The van der Waals surface area contributed by atoms with Crippen molar-refractivity contribution in [1.29, 1.82) is 0 Å². The monoisotopic (exact) mass is 357 g/mol. The molecule has 0 aromatic carbocycles. The summed E-state index contributed by atoms with van der Waals surface area (Å²) in [6.07, 6.45) is 0. The average molecular weight is 357 g/mol. The van der Waals surface area contributed by atoms with Gasteiger partial charge in [-0.15, -0.1) is 20.2 Å². The molecule has 0 spiro atoms. The van der Waals surface area contributed by atoms with Crippen LogP contribution in [-0.2, 0) is 0 Å². The van der Waals surface area contributed by atoms with Gasteiger partial charge in [-0.2, -0.15) is 0 Å². The summed E-state index contributed by atoms with van der Waals surface area (Å²) in [6.45, 7) is 0. The largest absolute Gasteiger partial charge is 3.00 e. The van der Waals surface area contributed by atoms with Gasteiger partial charge < -0.3 is 61.9 Å². The van der Waals surface area contributed by atoms with E-state index in [-0.39, 0.29) is 22.8 Å². The second-order valence-corrected chi connectivity index (χ2v) is 1.15. The van der Waals surface area contributed by atoms with Gasteiger partial charge in [0.2, 0.25) is 0 Å². The van der Waals surface area contributed by atoms with E-state index in [0.29, 0.717) is 0 Å². The van der Waals surface area contributed by atoms with E-state index in [1.165, 1.54) is 0 Å². The molecule has 0 heterocycles. The Bertz CT molecular complexity index is 207. The fourth-order valence-electron chi connectivity index (χ4n) is 0. The van der Waals surface area contributed by atoms with Gasteiger partial charge in [0.05, 0.1) is 15.3 Å². The van der Waals surface area contributed by atoms with Crippen molar-refractivity contribution in [3.8, 4) is 0 Å². The summed E-state index contributed by atoms with van der Waals surface area (Å²) in [5, 5.41) is 71.5. The minimum absolute atomic E-state index is 0. The molecule has 0 aromatic heterocycles. The summed E-state index contributed by atoms with van der Waals surface area (Å²) >= 11 is 0. The maximum atomic E-state index is 8.36. The first-order valence-electron chi connectivity index (χ1n) is 2.77. The second kappa shape index (κ2) is 36.0. The van der Waals surface area contributed by atoms with Crippen molar-refractivity contribution in [2.75, 3.05) is 0 Å². The van der Waals surface area contributed by atoms with Crippen molar-refractivity contribution in [2.45, 2.75) is 0 Å². The predicted octanol–water partition coefficient (Wildman–Crippen LogP) is -2.62. The number of hydrogen-bond donors (Lipinski definition) is 2. The average Bonchev–Trinajstić information content (AvgIpc) is 1.94. The zero-order valence-electron chi connectivity index (χ0n) is 9.52. The zero-order chi connectivity index (χ0) is 17.9. The molecule has 0 atom stereocenters. The third kappa shape index (κ3) is 322. The molecule has 0 saturated heterocycles. The summed E-state index contributed by atoms with van der Waals surface area (Å²) in [7, 11) is 0. The van der Waals surface area contributed by atoms with Crippen LogP contribution < -0.4 is 0 Å². The molecule has 0 aliphatic carbocycles. The molecule has 22 heavy (non-hydrogen) atoms. The minimum atomic E-state index is -1.75. The van der Waals surface area contributed by atoms with Gasteiger partial charge in [-0.25, -0.2) is 0 Å². The van der Waals surface area contributed by atoms with Crippen LogP contribution in [0.4, 0.5) is 0 Å². The van der Waals surface area contributed by atoms with E-state index in [1.807, 2.05) is 0 Å². The topological polar surface area (TPSA) is 357 Å². The Labute approximate surface area is 126 Å². The van der Waals surface area contributed by atoms with Crippen molar-refractivity contribution in [2.24, 2.45) is 0 Å². The Morgan fingerprint density at radius 2 is 0.500 bits per heavy atom. The standard InChI is InChI=1S/Al.2HNO3.3NO3.H2O/c;5*2-1(3)4;/h;2*(H,2,3,4);;;;1H2/q+3;;;3*-1;. The maximum Gasteiger partial charge on any atom is 3.00 e. The molecule has 0 unspecified atom stereocenters. The van der Waals surface area contributed by atoms with Crippen LogP contribution in [0.2, 0.25) is 0 Å². The summed E-state index contributed by atoms with van der Waals surface area (Å²) in [5.74, 6) is 0. The molecule has 0 amide bonds. The quantitative estimate of drug-likeness (QED) is 0.254. The van der Waals surface area contributed by atoms with Crippen LogP contribution in [-0.4, -0.2) is 58.7 Å². The Kier molecular flexibility index (Phi) is 70.2. The van der Waals surface area contributed by atoms with Crippen LogP contribution >= 0.6 is 0 Å². The van der Waals surface area contributed by atoms with Crippen LogP contribution in [0, 0.1) is 66.2 Å². The van der Waals surface area contributed by atoms with E-state index in [9.17, 15) is 0 Å². The molecule has 0 aliphatic heterocycles. The summed E-state index contributed by atoms with van der Waals surface area (Å²) < 4.78 is 0. The van der Waals surface area contributed by atoms with Crippen molar-refractivity contribution in [3.05, 3.63) is 66.2 Å². The minimum Gasteiger partial charge on any atom is -0.412 e. The van der Waals surface area contributed by atoms with Crippen molar-refractivity contribution in [1.82, 2.24) is 0 Å². The van der Waals surface area contributed by atoms with Gasteiger partial charge in [-0.3, -0.25) is 0 Å². The number of hydrogen-bond acceptors (Lipinski definition) is 13. The fraction of sp³-hybridized carbons (Fsp3) is 0. The predicted molar refractivity (Wildman–Crippen MR) is 58.0 cm³/mol. The molecular formula is H4AlN5O16. The summed E-state index contributed by atoms with van der Waals surface area (Å²) in [4.78, 5) is 41.5. The van der Waals surface area contributed by atoms with Gasteiger partial charge in [0.15, 0.2) is 0 Å². The van der Waals surface area contributed by atoms with Gasteiger partial charge in [0.1, 0.15) is 0 Å². The molecule has 128 valence electrons. The van der Waals surface area contributed by atoms with Gasteiger partial charge in [-0.1, -0.05) is 0 Å². The fourth-order valence-corrected chi connectivity index (χ4v) is 0. The number of nitrogens with zero attached hydrogens (tertiary/aromatic N) is 5. The Morgan fingerprint density at radius 3 is 0.500 bits per heavy atom. The number of rotatable bonds is 0. The van der Waals surface area contributed by atoms with Crippen LogP contribution in [0.3, 0.4) is 0 Å². The van der Waals surface area contributed by atoms with Crippen molar-refractivity contribution in [3.63, 3.8) is 0 Å². The Hall–Kier alpha value is -3.51. The summed E-state index contributed by atoms with van der Waals surface area (Å²) in [5.41, 5.74) is 0. The molecule has 0 saturated carbocycles. The first-order valence-corrected chi connectivity index (χ1v) is 2.77. The van der Waals surface area contributed by atoms with E-state index >= 15 is 0 Å². The van der Waals surface area contributed by atoms with E-state index in [0.717, 1.165) is 0 Å². The van der Waals surface area contributed by atoms with Crippen LogP contribution in [0.15, 0.2) is 0 Å². The maximum absolute atomic E-state index is 8.36. The molecule has 4 N–H and O–H groups in total. The molecule has 0 aromatic rings. The van der Waals surface area contributed by atoms with E-state index in [2.05, 4.69) is 0 Å². The Balaban J connectivity index is -0.0000000250. The van der Waals surface area contributed by atoms with Crippen molar-refractivity contribution >= 4 is 17.4 Å². The third-order valence-electron chi connectivity index (χ3n) is 0. The van der Waals surface area contributed by atoms with E-state index in [4.69, 9.17) is 76.6 Å². The van der Waals surface area contributed by atoms with E-state index in [1.54, 1.807) is 0 Å². The van der Waals surface area contributed by atoms with Gasteiger partial charge in [0.25, 0.3) is 10.2 Å². The van der Waals surface area contributed by atoms with Gasteiger partial charge in [-0.05, 0) is 0 Å². The third-order valence-corrected chi connectivity index (χ3v) is 0. The van der Waals surface area contributed by atoms with Crippen LogP contribution in [0.5, 0.6) is 0 Å². The summed E-state index contributed by atoms with van der Waals surface area (Å²) in [6, 6.07) is 0. The second-order valence-electron chi connectivity index (χ2n) is 1.15. The van der Waals surface area contributed by atoms with Crippen LogP contribution in [0.25, 0.3) is 0 Å². The van der Waals surface area contributed by atoms with Gasteiger partial charge >= 0.3 is 17.4 Å².